The molecule has 2 atom stereocenters. The largest absolute Gasteiger partial charge is 0.508 e. The third-order valence-corrected chi connectivity index (χ3v) is 2.75. The first kappa shape index (κ1) is 15.0. The maximum Gasteiger partial charge on any atom is 0.326 e. The van der Waals surface area contributed by atoms with Crippen LogP contribution >= 0.6 is 0 Å². The Labute approximate surface area is 111 Å². The lowest BCUT2D eigenvalue weighted by atomic mass is 10.1. The highest BCUT2D eigenvalue weighted by molar-refractivity contribution is 5.86. The molecule has 0 aliphatic rings. The lowest BCUT2D eigenvalue weighted by Gasteiger charge is -2.16. The number of nitrogens with two attached hydrogens (primary N) is 1. The van der Waals surface area contributed by atoms with Gasteiger partial charge < -0.3 is 21.3 Å². The monoisotopic (exact) mass is 266 g/mol. The van der Waals surface area contributed by atoms with Gasteiger partial charge in [0.05, 0.1) is 6.04 Å². The van der Waals surface area contributed by atoms with Crippen molar-refractivity contribution in [2.24, 2.45) is 5.73 Å². The normalized spacial score (nSPS) is 13.6. The molecule has 0 heterocycles. The molecule has 0 fully saturated rings. The summed E-state index contributed by atoms with van der Waals surface area (Å²) in [4.78, 5) is 22.5. The molecule has 5 N–H and O–H groups in total. The summed E-state index contributed by atoms with van der Waals surface area (Å²) in [6.07, 6.45) is 0.579. The summed E-state index contributed by atoms with van der Waals surface area (Å²) in [5.74, 6) is -1.44. The third-order valence-electron chi connectivity index (χ3n) is 2.75. The van der Waals surface area contributed by atoms with Gasteiger partial charge in [-0.25, -0.2) is 4.79 Å². The average molecular weight is 266 g/mol. The Morgan fingerprint density at radius 3 is 2.37 bits per heavy atom. The number of rotatable bonds is 6. The standard InChI is InChI=1S/C13H18N2O4/c1-2-11(13(18)19)15-12(17)10(14)7-8-3-5-9(16)6-4-8/h3-6,10-11,16H,2,7,14H2,1H3,(H,15,17)(H,18,19)/t10-,11+/m1/s1. The van der Waals surface area contributed by atoms with Crippen LogP contribution in [-0.2, 0) is 16.0 Å². The van der Waals surface area contributed by atoms with Gasteiger partial charge in [0.1, 0.15) is 11.8 Å². The fraction of sp³-hybridized carbons (Fsp3) is 0.385. The third kappa shape index (κ3) is 4.59. The van der Waals surface area contributed by atoms with Crippen LogP contribution in [0.15, 0.2) is 24.3 Å². The number of phenols is 1. The van der Waals surface area contributed by atoms with E-state index in [0.717, 1.165) is 5.56 Å². The van der Waals surface area contributed by atoms with E-state index in [9.17, 15) is 9.59 Å². The molecule has 6 heteroatoms. The molecule has 0 aliphatic carbocycles. The highest BCUT2D eigenvalue weighted by Gasteiger charge is 2.21. The number of carbonyl (C=O) groups is 2. The van der Waals surface area contributed by atoms with E-state index in [4.69, 9.17) is 15.9 Å². The number of phenolic OH excluding ortho intramolecular Hbond substituents is 1. The van der Waals surface area contributed by atoms with Crippen molar-refractivity contribution in [3.8, 4) is 5.75 Å². The van der Waals surface area contributed by atoms with Crippen molar-refractivity contribution in [1.29, 1.82) is 0 Å². The number of carbonyl (C=O) groups excluding carboxylic acids is 1. The van der Waals surface area contributed by atoms with Gasteiger partial charge in [0, 0.05) is 0 Å². The van der Waals surface area contributed by atoms with E-state index in [1.165, 1.54) is 12.1 Å². The molecule has 0 unspecified atom stereocenters. The average Bonchev–Trinajstić information content (AvgIpc) is 2.37. The van der Waals surface area contributed by atoms with Crippen LogP contribution < -0.4 is 11.1 Å². The summed E-state index contributed by atoms with van der Waals surface area (Å²) in [6, 6.07) is 4.60. The van der Waals surface area contributed by atoms with Crippen LogP contribution in [0.2, 0.25) is 0 Å². The van der Waals surface area contributed by atoms with Gasteiger partial charge in [-0.2, -0.15) is 0 Å². The number of nitrogens with one attached hydrogen (secondary N) is 1. The van der Waals surface area contributed by atoms with Gasteiger partial charge in [-0.15, -0.1) is 0 Å². The smallest absolute Gasteiger partial charge is 0.326 e. The van der Waals surface area contributed by atoms with E-state index in [1.54, 1.807) is 19.1 Å². The van der Waals surface area contributed by atoms with Crippen molar-refractivity contribution in [1.82, 2.24) is 5.32 Å². The van der Waals surface area contributed by atoms with Crippen molar-refractivity contribution in [2.75, 3.05) is 0 Å². The molecule has 1 aromatic rings. The highest BCUT2D eigenvalue weighted by atomic mass is 16.4. The molecule has 1 aromatic carbocycles. The van der Waals surface area contributed by atoms with Crippen LogP contribution in [0.25, 0.3) is 0 Å². The van der Waals surface area contributed by atoms with Gasteiger partial charge in [-0.3, -0.25) is 4.79 Å². The molecule has 19 heavy (non-hydrogen) atoms. The number of hydrogen-bond acceptors (Lipinski definition) is 4. The first-order valence-electron chi connectivity index (χ1n) is 6.00. The summed E-state index contributed by atoms with van der Waals surface area (Å²) >= 11 is 0. The molecule has 0 radical (unpaired) electrons. The summed E-state index contributed by atoms with van der Waals surface area (Å²) in [7, 11) is 0. The lowest BCUT2D eigenvalue weighted by Crippen LogP contribution is -2.48. The number of amides is 1. The summed E-state index contributed by atoms with van der Waals surface area (Å²) < 4.78 is 0. The molecule has 0 spiro atoms. The molecule has 1 amide bonds. The van der Waals surface area contributed by atoms with Crippen molar-refractivity contribution >= 4 is 11.9 Å². The van der Waals surface area contributed by atoms with Crippen molar-refractivity contribution in [3.63, 3.8) is 0 Å². The van der Waals surface area contributed by atoms with Gasteiger partial charge in [-0.05, 0) is 30.5 Å². The van der Waals surface area contributed by atoms with Crippen molar-refractivity contribution in [2.45, 2.75) is 31.8 Å². The molecule has 104 valence electrons. The molecular formula is C13H18N2O4. The van der Waals surface area contributed by atoms with Gasteiger partial charge in [0.15, 0.2) is 0 Å². The van der Waals surface area contributed by atoms with Gasteiger partial charge in [0.25, 0.3) is 0 Å². The predicted octanol–water partition coefficient (Wildman–Crippen LogP) is 0.241. The first-order valence-corrected chi connectivity index (χ1v) is 6.00. The summed E-state index contributed by atoms with van der Waals surface area (Å²) in [5.41, 5.74) is 6.52. The topological polar surface area (TPSA) is 113 Å². The van der Waals surface area contributed by atoms with E-state index in [0.29, 0.717) is 6.42 Å². The van der Waals surface area contributed by atoms with E-state index in [1.807, 2.05) is 0 Å². The maximum atomic E-state index is 11.7. The minimum absolute atomic E-state index is 0.138. The van der Waals surface area contributed by atoms with E-state index in [-0.39, 0.29) is 12.2 Å². The zero-order valence-electron chi connectivity index (χ0n) is 10.7. The molecule has 6 nitrogen and oxygen atoms in total. The fourth-order valence-electron chi connectivity index (χ4n) is 1.60. The minimum Gasteiger partial charge on any atom is -0.508 e. The summed E-state index contributed by atoms with van der Waals surface area (Å²) in [6.45, 7) is 1.67. The molecule has 0 aliphatic heterocycles. The van der Waals surface area contributed by atoms with Crippen molar-refractivity contribution in [3.05, 3.63) is 29.8 Å². The van der Waals surface area contributed by atoms with Crippen LogP contribution in [0.1, 0.15) is 18.9 Å². The van der Waals surface area contributed by atoms with Gasteiger partial charge in [0.2, 0.25) is 5.91 Å². The number of aromatic hydroxyl groups is 1. The number of aliphatic carboxylic acids is 1. The van der Waals surface area contributed by atoms with E-state index >= 15 is 0 Å². The van der Waals surface area contributed by atoms with Crippen LogP contribution in [0, 0.1) is 0 Å². The zero-order valence-corrected chi connectivity index (χ0v) is 10.7. The fourth-order valence-corrected chi connectivity index (χ4v) is 1.60. The second-order valence-corrected chi connectivity index (χ2v) is 4.28. The Bertz CT molecular complexity index is 444. The molecular weight excluding hydrogens is 248 g/mol. The Kier molecular flexibility index (Phi) is 5.32. The van der Waals surface area contributed by atoms with E-state index in [2.05, 4.69) is 5.32 Å². The number of benzene rings is 1. The van der Waals surface area contributed by atoms with Gasteiger partial charge in [-0.1, -0.05) is 19.1 Å². The van der Waals surface area contributed by atoms with Crippen LogP contribution in [0.3, 0.4) is 0 Å². The summed E-state index contributed by atoms with van der Waals surface area (Å²) in [5, 5.41) is 20.4. The Hall–Kier alpha value is -2.08. The second-order valence-electron chi connectivity index (χ2n) is 4.28. The second kappa shape index (κ2) is 6.75. The number of carboxylic acids is 1. The maximum absolute atomic E-state index is 11.7. The quantitative estimate of drug-likeness (QED) is 0.589. The molecule has 0 bridgehead atoms. The number of hydrogen-bond donors (Lipinski definition) is 4. The Balaban J connectivity index is 2.57. The number of carboxylic acid groups (broad SMARTS) is 1. The Morgan fingerprint density at radius 2 is 1.89 bits per heavy atom. The minimum atomic E-state index is -1.08. The molecule has 0 saturated carbocycles. The lowest BCUT2D eigenvalue weighted by molar-refractivity contribution is -0.142. The SMILES string of the molecule is CC[C@H](NC(=O)[C@H](N)Cc1ccc(O)cc1)C(=O)O. The van der Waals surface area contributed by atoms with Crippen LogP contribution in [0.4, 0.5) is 0 Å². The molecule has 0 aromatic heterocycles. The zero-order chi connectivity index (χ0) is 14.4. The first-order chi connectivity index (χ1) is 8.93. The van der Waals surface area contributed by atoms with E-state index < -0.39 is 24.0 Å². The van der Waals surface area contributed by atoms with Gasteiger partial charge >= 0.3 is 5.97 Å². The van der Waals surface area contributed by atoms with Crippen molar-refractivity contribution < 1.29 is 19.8 Å². The predicted molar refractivity (Wildman–Crippen MR) is 69.6 cm³/mol. The highest BCUT2D eigenvalue weighted by Crippen LogP contribution is 2.11. The Morgan fingerprint density at radius 1 is 1.32 bits per heavy atom. The molecule has 1 rings (SSSR count). The van der Waals surface area contributed by atoms with Crippen LogP contribution in [0.5, 0.6) is 5.75 Å². The molecule has 0 saturated heterocycles. The van der Waals surface area contributed by atoms with Crippen LogP contribution in [-0.4, -0.2) is 34.2 Å².